The van der Waals surface area contributed by atoms with Gasteiger partial charge in [-0.15, -0.1) is 0 Å². The third-order valence-electron chi connectivity index (χ3n) is 4.60. The predicted octanol–water partition coefficient (Wildman–Crippen LogP) is 3.91. The van der Waals surface area contributed by atoms with Crippen LogP contribution in [-0.4, -0.2) is 40.6 Å². The molecule has 2 heterocycles. The second-order valence-electron chi connectivity index (χ2n) is 6.57. The van der Waals surface area contributed by atoms with Crippen LogP contribution >= 0.6 is 0 Å². The van der Waals surface area contributed by atoms with Crippen molar-refractivity contribution < 1.29 is 14.1 Å². The minimum atomic E-state index is 0.00639. The van der Waals surface area contributed by atoms with Crippen molar-refractivity contribution in [1.29, 1.82) is 0 Å². The number of rotatable bonds is 6. The van der Waals surface area contributed by atoms with Crippen LogP contribution in [0.5, 0.6) is 5.75 Å². The predicted molar refractivity (Wildman–Crippen MR) is 106 cm³/mol. The third kappa shape index (κ3) is 4.28. The maximum Gasteiger partial charge on any atom is 0.260 e. The zero-order valence-corrected chi connectivity index (χ0v) is 15.5. The number of amides is 1. The van der Waals surface area contributed by atoms with E-state index < -0.39 is 0 Å². The minimum absolute atomic E-state index is 0.00639. The van der Waals surface area contributed by atoms with Crippen molar-refractivity contribution in [3.05, 3.63) is 66.1 Å². The van der Waals surface area contributed by atoms with E-state index in [0.717, 1.165) is 31.5 Å². The SMILES string of the molecule is O=C(COc1ccccc1-c1noc(/C=C/c2ccccc2)n1)N1CCCC1. The standard InChI is InChI=1S/C22H21N3O3/c26-21(25-14-6-7-15-25)16-27-19-11-5-4-10-18(19)22-23-20(28-24-22)13-12-17-8-2-1-3-9-17/h1-5,8-13H,6-7,14-16H2/b13-12+. The Morgan fingerprint density at radius 3 is 2.61 bits per heavy atom. The molecule has 1 aliphatic rings. The molecule has 4 rings (SSSR count). The van der Waals surface area contributed by atoms with Gasteiger partial charge in [0.05, 0.1) is 5.56 Å². The zero-order valence-electron chi connectivity index (χ0n) is 15.5. The summed E-state index contributed by atoms with van der Waals surface area (Å²) in [6.07, 6.45) is 5.80. The molecule has 1 aliphatic heterocycles. The Morgan fingerprint density at radius 1 is 1.04 bits per heavy atom. The van der Waals surface area contributed by atoms with Gasteiger partial charge in [-0.25, -0.2) is 0 Å². The number of hydrogen-bond acceptors (Lipinski definition) is 5. The molecule has 3 aromatic rings. The van der Waals surface area contributed by atoms with Gasteiger partial charge in [0.15, 0.2) is 6.61 Å². The fourth-order valence-electron chi connectivity index (χ4n) is 3.12. The molecule has 142 valence electrons. The molecule has 1 fully saturated rings. The smallest absolute Gasteiger partial charge is 0.260 e. The fourth-order valence-corrected chi connectivity index (χ4v) is 3.12. The summed E-state index contributed by atoms with van der Waals surface area (Å²) in [5, 5.41) is 4.05. The summed E-state index contributed by atoms with van der Waals surface area (Å²) >= 11 is 0. The second-order valence-corrected chi connectivity index (χ2v) is 6.57. The number of likely N-dealkylation sites (tertiary alicyclic amines) is 1. The van der Waals surface area contributed by atoms with Gasteiger partial charge in [0, 0.05) is 19.2 Å². The zero-order chi connectivity index (χ0) is 19.2. The quantitative estimate of drug-likeness (QED) is 0.653. The largest absolute Gasteiger partial charge is 0.483 e. The molecular weight excluding hydrogens is 354 g/mol. The van der Waals surface area contributed by atoms with E-state index in [1.807, 2.05) is 65.6 Å². The van der Waals surface area contributed by atoms with Crippen molar-refractivity contribution in [1.82, 2.24) is 15.0 Å². The van der Waals surface area contributed by atoms with E-state index >= 15 is 0 Å². The molecule has 0 bridgehead atoms. The van der Waals surface area contributed by atoms with Gasteiger partial charge < -0.3 is 14.2 Å². The number of aromatic nitrogens is 2. The van der Waals surface area contributed by atoms with Crippen LogP contribution in [0.4, 0.5) is 0 Å². The lowest BCUT2D eigenvalue weighted by molar-refractivity contribution is -0.132. The highest BCUT2D eigenvalue weighted by Crippen LogP contribution is 2.28. The Labute approximate surface area is 163 Å². The molecule has 0 saturated carbocycles. The van der Waals surface area contributed by atoms with E-state index in [4.69, 9.17) is 9.26 Å². The molecule has 1 aromatic heterocycles. The Bertz CT molecular complexity index is 960. The molecule has 1 amide bonds. The van der Waals surface area contributed by atoms with Crippen molar-refractivity contribution in [3.8, 4) is 17.1 Å². The Balaban J connectivity index is 1.46. The summed E-state index contributed by atoms with van der Waals surface area (Å²) in [6.45, 7) is 1.63. The van der Waals surface area contributed by atoms with Crippen LogP contribution in [0, 0.1) is 0 Å². The number of para-hydroxylation sites is 1. The highest BCUT2D eigenvalue weighted by atomic mass is 16.5. The van der Waals surface area contributed by atoms with Gasteiger partial charge in [-0.3, -0.25) is 4.79 Å². The summed E-state index contributed by atoms with van der Waals surface area (Å²) in [7, 11) is 0. The van der Waals surface area contributed by atoms with Crippen LogP contribution in [0.25, 0.3) is 23.5 Å². The second kappa shape index (κ2) is 8.52. The van der Waals surface area contributed by atoms with E-state index in [-0.39, 0.29) is 12.5 Å². The maximum atomic E-state index is 12.2. The van der Waals surface area contributed by atoms with Crippen molar-refractivity contribution in [2.45, 2.75) is 12.8 Å². The lowest BCUT2D eigenvalue weighted by Crippen LogP contribution is -2.32. The number of hydrogen-bond donors (Lipinski definition) is 0. The first kappa shape index (κ1) is 18.0. The van der Waals surface area contributed by atoms with Crippen molar-refractivity contribution in [2.75, 3.05) is 19.7 Å². The van der Waals surface area contributed by atoms with E-state index in [0.29, 0.717) is 23.0 Å². The maximum absolute atomic E-state index is 12.2. The van der Waals surface area contributed by atoms with Crippen molar-refractivity contribution in [2.24, 2.45) is 0 Å². The summed E-state index contributed by atoms with van der Waals surface area (Å²) in [4.78, 5) is 18.5. The van der Waals surface area contributed by atoms with Crippen molar-refractivity contribution in [3.63, 3.8) is 0 Å². The average Bonchev–Trinajstić information content (AvgIpc) is 3.44. The van der Waals surface area contributed by atoms with E-state index in [9.17, 15) is 4.79 Å². The number of nitrogens with zero attached hydrogens (tertiary/aromatic N) is 3. The molecule has 6 nitrogen and oxygen atoms in total. The molecule has 0 radical (unpaired) electrons. The topological polar surface area (TPSA) is 68.5 Å². The molecule has 6 heteroatoms. The fraction of sp³-hybridized carbons (Fsp3) is 0.227. The van der Waals surface area contributed by atoms with Crippen LogP contribution in [0.15, 0.2) is 59.1 Å². The van der Waals surface area contributed by atoms with E-state index in [1.165, 1.54) is 0 Å². The van der Waals surface area contributed by atoms with Gasteiger partial charge in [-0.1, -0.05) is 47.6 Å². The summed E-state index contributed by atoms with van der Waals surface area (Å²) < 4.78 is 11.1. The van der Waals surface area contributed by atoms with Crippen LogP contribution in [0.3, 0.4) is 0 Å². The molecule has 28 heavy (non-hydrogen) atoms. The first-order valence-corrected chi connectivity index (χ1v) is 9.36. The molecule has 1 saturated heterocycles. The molecule has 0 atom stereocenters. The van der Waals surface area contributed by atoms with Crippen LogP contribution in [-0.2, 0) is 4.79 Å². The first-order valence-electron chi connectivity index (χ1n) is 9.36. The Kier molecular flexibility index (Phi) is 5.47. The summed E-state index contributed by atoms with van der Waals surface area (Å²) in [5.74, 6) is 1.40. The number of carbonyl (C=O) groups is 1. The van der Waals surface area contributed by atoms with Gasteiger partial charge in [0.1, 0.15) is 5.75 Å². The summed E-state index contributed by atoms with van der Waals surface area (Å²) in [5.41, 5.74) is 1.74. The normalized spacial score (nSPS) is 13.9. The average molecular weight is 375 g/mol. The van der Waals surface area contributed by atoms with E-state index in [2.05, 4.69) is 10.1 Å². The van der Waals surface area contributed by atoms with Crippen LogP contribution in [0.1, 0.15) is 24.3 Å². The molecular formula is C22H21N3O3. The Morgan fingerprint density at radius 2 is 1.79 bits per heavy atom. The van der Waals surface area contributed by atoms with Gasteiger partial charge in [0.25, 0.3) is 11.8 Å². The highest BCUT2D eigenvalue weighted by Gasteiger charge is 2.19. The molecule has 0 N–H and O–H groups in total. The molecule has 0 aliphatic carbocycles. The van der Waals surface area contributed by atoms with Crippen molar-refractivity contribution >= 4 is 18.1 Å². The van der Waals surface area contributed by atoms with Gasteiger partial charge in [-0.2, -0.15) is 4.98 Å². The number of ether oxygens (including phenoxy) is 1. The molecule has 0 unspecified atom stereocenters. The van der Waals surface area contributed by atoms with Gasteiger partial charge in [0.2, 0.25) is 5.82 Å². The molecule has 0 spiro atoms. The summed E-state index contributed by atoms with van der Waals surface area (Å²) in [6, 6.07) is 17.3. The Hall–Kier alpha value is -3.41. The van der Waals surface area contributed by atoms with E-state index in [1.54, 1.807) is 6.08 Å². The number of carbonyl (C=O) groups excluding carboxylic acids is 1. The van der Waals surface area contributed by atoms with Crippen LogP contribution < -0.4 is 4.74 Å². The lowest BCUT2D eigenvalue weighted by Gasteiger charge is -2.16. The minimum Gasteiger partial charge on any atom is -0.483 e. The van der Waals surface area contributed by atoms with Gasteiger partial charge >= 0.3 is 0 Å². The van der Waals surface area contributed by atoms with Gasteiger partial charge in [-0.05, 0) is 36.6 Å². The van der Waals surface area contributed by atoms with Crippen LogP contribution in [0.2, 0.25) is 0 Å². The monoisotopic (exact) mass is 375 g/mol. The number of benzene rings is 2. The lowest BCUT2D eigenvalue weighted by atomic mass is 10.2. The molecule has 2 aromatic carbocycles. The third-order valence-corrected chi connectivity index (χ3v) is 4.60. The first-order chi connectivity index (χ1) is 13.8. The highest BCUT2D eigenvalue weighted by molar-refractivity contribution is 5.78.